The highest BCUT2D eigenvalue weighted by Crippen LogP contribution is 2.28. The molecule has 1 atom stereocenters. The van der Waals surface area contributed by atoms with E-state index in [4.69, 9.17) is 0 Å². The van der Waals surface area contributed by atoms with Crippen LogP contribution in [0.2, 0.25) is 0 Å². The van der Waals surface area contributed by atoms with E-state index in [1.165, 1.54) is 0 Å². The number of hydrogen-bond donors (Lipinski definition) is 3. The lowest BCUT2D eigenvalue weighted by atomic mass is 9.82. The van der Waals surface area contributed by atoms with E-state index in [2.05, 4.69) is 17.6 Å². The Bertz CT molecular complexity index is 345. The number of amides is 1. The SMILES string of the molecule is CCCC1(C(=O)NCC(CC)(CC)C(=O)O)CCCN1. The van der Waals surface area contributed by atoms with Gasteiger partial charge < -0.3 is 15.7 Å². The van der Waals surface area contributed by atoms with Crippen molar-refractivity contribution in [3.05, 3.63) is 0 Å². The van der Waals surface area contributed by atoms with E-state index in [0.29, 0.717) is 12.8 Å². The fourth-order valence-corrected chi connectivity index (χ4v) is 3.05. The Kier molecular flexibility index (Phi) is 5.99. The lowest BCUT2D eigenvalue weighted by molar-refractivity contribution is -0.149. The summed E-state index contributed by atoms with van der Waals surface area (Å²) in [6, 6.07) is 0. The van der Waals surface area contributed by atoms with Gasteiger partial charge in [0.1, 0.15) is 0 Å². The third-order valence-corrected chi connectivity index (χ3v) is 4.75. The van der Waals surface area contributed by atoms with Crippen molar-refractivity contribution in [3.8, 4) is 0 Å². The van der Waals surface area contributed by atoms with Crippen molar-refractivity contribution in [2.75, 3.05) is 13.1 Å². The Morgan fingerprint density at radius 3 is 2.35 bits per heavy atom. The Morgan fingerprint density at radius 2 is 1.95 bits per heavy atom. The van der Waals surface area contributed by atoms with Crippen LogP contribution in [0.25, 0.3) is 0 Å². The summed E-state index contributed by atoms with van der Waals surface area (Å²) in [5.74, 6) is -0.865. The Labute approximate surface area is 121 Å². The van der Waals surface area contributed by atoms with Gasteiger partial charge in [0, 0.05) is 6.54 Å². The highest BCUT2D eigenvalue weighted by atomic mass is 16.4. The second kappa shape index (κ2) is 7.07. The minimum Gasteiger partial charge on any atom is -0.481 e. The van der Waals surface area contributed by atoms with Crippen LogP contribution < -0.4 is 10.6 Å². The molecule has 1 aliphatic heterocycles. The van der Waals surface area contributed by atoms with Gasteiger partial charge in [0.2, 0.25) is 5.91 Å². The van der Waals surface area contributed by atoms with Crippen LogP contribution in [0.5, 0.6) is 0 Å². The Morgan fingerprint density at radius 1 is 1.30 bits per heavy atom. The van der Waals surface area contributed by atoms with Crippen LogP contribution in [-0.2, 0) is 9.59 Å². The molecule has 0 aliphatic carbocycles. The van der Waals surface area contributed by atoms with Gasteiger partial charge in [-0.2, -0.15) is 0 Å². The molecule has 0 radical (unpaired) electrons. The molecule has 116 valence electrons. The summed E-state index contributed by atoms with van der Waals surface area (Å²) in [5.41, 5.74) is -1.33. The fraction of sp³-hybridized carbons (Fsp3) is 0.867. The predicted molar refractivity (Wildman–Crippen MR) is 78.5 cm³/mol. The van der Waals surface area contributed by atoms with Crippen molar-refractivity contribution in [1.82, 2.24) is 10.6 Å². The van der Waals surface area contributed by atoms with Crippen LogP contribution in [0.3, 0.4) is 0 Å². The third-order valence-electron chi connectivity index (χ3n) is 4.75. The summed E-state index contributed by atoms with van der Waals surface area (Å²) in [4.78, 5) is 23.9. The summed E-state index contributed by atoms with van der Waals surface area (Å²) < 4.78 is 0. The first-order valence-corrected chi connectivity index (χ1v) is 7.73. The minimum atomic E-state index is -0.846. The molecule has 1 heterocycles. The summed E-state index contributed by atoms with van der Waals surface area (Å²) >= 11 is 0. The average molecular weight is 284 g/mol. The maximum Gasteiger partial charge on any atom is 0.311 e. The predicted octanol–water partition coefficient (Wildman–Crippen LogP) is 1.92. The van der Waals surface area contributed by atoms with Crippen LogP contribution in [-0.4, -0.2) is 35.6 Å². The summed E-state index contributed by atoms with van der Waals surface area (Å²) in [5, 5.41) is 15.6. The van der Waals surface area contributed by atoms with E-state index in [1.54, 1.807) is 0 Å². The zero-order chi connectivity index (χ0) is 15.2. The first kappa shape index (κ1) is 17.0. The second-order valence-corrected chi connectivity index (χ2v) is 5.84. The molecule has 0 bridgehead atoms. The third kappa shape index (κ3) is 3.32. The lowest BCUT2D eigenvalue weighted by Crippen LogP contribution is -2.55. The molecule has 0 spiro atoms. The number of carboxylic acids is 1. The van der Waals surface area contributed by atoms with Crippen LogP contribution in [0.1, 0.15) is 59.3 Å². The van der Waals surface area contributed by atoms with Gasteiger partial charge in [0.05, 0.1) is 11.0 Å². The molecule has 5 heteroatoms. The summed E-state index contributed by atoms with van der Waals surface area (Å²) in [6.45, 7) is 6.85. The average Bonchev–Trinajstić information content (AvgIpc) is 2.90. The Balaban J connectivity index is 2.71. The van der Waals surface area contributed by atoms with Gasteiger partial charge in [-0.05, 0) is 38.6 Å². The number of carbonyl (C=O) groups excluding carboxylic acids is 1. The standard InChI is InChI=1S/C15H28N2O3/c1-4-8-15(9-7-10-17-15)12(18)16-11-14(5-2,6-3)13(19)20/h17H,4-11H2,1-3H3,(H,16,18)(H,19,20). The highest BCUT2D eigenvalue weighted by molar-refractivity contribution is 5.87. The van der Waals surface area contributed by atoms with Gasteiger partial charge in [-0.25, -0.2) is 0 Å². The highest BCUT2D eigenvalue weighted by Gasteiger charge is 2.42. The molecule has 1 amide bonds. The molecule has 1 saturated heterocycles. The molecule has 20 heavy (non-hydrogen) atoms. The number of rotatable bonds is 8. The van der Waals surface area contributed by atoms with Crippen LogP contribution in [0.4, 0.5) is 0 Å². The zero-order valence-electron chi connectivity index (χ0n) is 12.9. The van der Waals surface area contributed by atoms with E-state index >= 15 is 0 Å². The molecule has 3 N–H and O–H groups in total. The zero-order valence-corrected chi connectivity index (χ0v) is 12.9. The molecule has 5 nitrogen and oxygen atoms in total. The molecular formula is C15H28N2O3. The van der Waals surface area contributed by atoms with Crippen molar-refractivity contribution in [2.24, 2.45) is 5.41 Å². The number of carboxylic acid groups (broad SMARTS) is 1. The minimum absolute atomic E-state index is 0.0376. The number of nitrogens with one attached hydrogen (secondary N) is 2. The largest absolute Gasteiger partial charge is 0.481 e. The number of hydrogen-bond acceptors (Lipinski definition) is 3. The fourth-order valence-electron chi connectivity index (χ4n) is 3.05. The summed E-state index contributed by atoms with van der Waals surface area (Å²) in [7, 11) is 0. The van der Waals surface area contributed by atoms with E-state index in [-0.39, 0.29) is 12.5 Å². The van der Waals surface area contributed by atoms with Crippen molar-refractivity contribution in [1.29, 1.82) is 0 Å². The first-order valence-electron chi connectivity index (χ1n) is 7.73. The molecule has 0 aromatic rings. The maximum atomic E-state index is 12.5. The quantitative estimate of drug-likeness (QED) is 0.636. The summed E-state index contributed by atoms with van der Waals surface area (Å²) in [6.07, 6.45) is 4.62. The van der Waals surface area contributed by atoms with Gasteiger partial charge >= 0.3 is 5.97 Å². The molecule has 1 aliphatic rings. The van der Waals surface area contributed by atoms with Gasteiger partial charge in [-0.3, -0.25) is 9.59 Å². The van der Waals surface area contributed by atoms with E-state index in [1.807, 2.05) is 13.8 Å². The van der Waals surface area contributed by atoms with Crippen LogP contribution >= 0.6 is 0 Å². The number of aliphatic carboxylic acids is 1. The monoisotopic (exact) mass is 284 g/mol. The van der Waals surface area contributed by atoms with Gasteiger partial charge in [0.15, 0.2) is 0 Å². The molecule has 1 rings (SSSR count). The first-order chi connectivity index (χ1) is 9.46. The smallest absolute Gasteiger partial charge is 0.311 e. The topological polar surface area (TPSA) is 78.4 Å². The second-order valence-electron chi connectivity index (χ2n) is 5.84. The van der Waals surface area contributed by atoms with Crippen LogP contribution in [0.15, 0.2) is 0 Å². The van der Waals surface area contributed by atoms with Gasteiger partial charge in [-0.15, -0.1) is 0 Å². The molecule has 0 saturated carbocycles. The molecular weight excluding hydrogens is 256 g/mol. The normalized spacial score (nSPS) is 22.8. The molecule has 1 fully saturated rings. The number of carbonyl (C=O) groups is 2. The Hall–Kier alpha value is -1.10. The van der Waals surface area contributed by atoms with E-state index in [9.17, 15) is 14.7 Å². The lowest BCUT2D eigenvalue weighted by Gasteiger charge is -2.32. The van der Waals surface area contributed by atoms with E-state index < -0.39 is 16.9 Å². The van der Waals surface area contributed by atoms with Crippen molar-refractivity contribution in [2.45, 2.75) is 64.8 Å². The van der Waals surface area contributed by atoms with E-state index in [0.717, 1.165) is 32.2 Å². The molecule has 0 aromatic carbocycles. The van der Waals surface area contributed by atoms with Gasteiger partial charge in [0.25, 0.3) is 0 Å². The van der Waals surface area contributed by atoms with Crippen molar-refractivity contribution < 1.29 is 14.7 Å². The van der Waals surface area contributed by atoms with Gasteiger partial charge in [-0.1, -0.05) is 27.2 Å². The van der Waals surface area contributed by atoms with Crippen molar-refractivity contribution >= 4 is 11.9 Å². The van der Waals surface area contributed by atoms with Crippen LogP contribution in [0, 0.1) is 5.41 Å². The molecule has 0 aromatic heterocycles. The maximum absolute atomic E-state index is 12.5. The molecule has 1 unspecified atom stereocenters. The van der Waals surface area contributed by atoms with Crippen molar-refractivity contribution in [3.63, 3.8) is 0 Å².